The lowest BCUT2D eigenvalue weighted by molar-refractivity contribution is -0.124. The van der Waals surface area contributed by atoms with Gasteiger partial charge in [-0.05, 0) is 31.9 Å². The minimum Gasteiger partial charge on any atom is -0.481 e. The fourth-order valence-electron chi connectivity index (χ4n) is 4.04. The highest BCUT2D eigenvalue weighted by atomic mass is 16.5. The van der Waals surface area contributed by atoms with E-state index in [9.17, 15) is 9.59 Å². The van der Waals surface area contributed by atoms with Gasteiger partial charge in [-0.15, -0.1) is 0 Å². The molecule has 28 heavy (non-hydrogen) atoms. The third-order valence-corrected chi connectivity index (χ3v) is 5.67. The second-order valence-corrected chi connectivity index (χ2v) is 7.40. The van der Waals surface area contributed by atoms with Gasteiger partial charge in [0, 0.05) is 30.5 Å². The van der Waals surface area contributed by atoms with E-state index in [-0.39, 0.29) is 18.4 Å². The first-order valence-corrected chi connectivity index (χ1v) is 9.73. The van der Waals surface area contributed by atoms with Gasteiger partial charge in [0.1, 0.15) is 6.04 Å². The molecule has 8 nitrogen and oxygen atoms in total. The number of aromatic nitrogens is 3. The summed E-state index contributed by atoms with van der Waals surface area (Å²) in [7, 11) is 1.55. The first kappa shape index (κ1) is 18.5. The molecule has 8 heteroatoms. The van der Waals surface area contributed by atoms with Crippen molar-refractivity contribution in [1.29, 1.82) is 0 Å². The Morgan fingerprint density at radius 2 is 2.18 bits per heavy atom. The van der Waals surface area contributed by atoms with Crippen molar-refractivity contribution in [2.24, 2.45) is 0 Å². The van der Waals surface area contributed by atoms with Crippen LogP contribution < -0.4 is 10.1 Å². The van der Waals surface area contributed by atoms with Crippen LogP contribution in [0.1, 0.15) is 60.3 Å². The van der Waals surface area contributed by atoms with E-state index in [0.29, 0.717) is 29.6 Å². The summed E-state index contributed by atoms with van der Waals surface area (Å²) in [5.74, 6) is 0.326. The molecule has 1 N–H and O–H groups in total. The molecule has 0 aromatic carbocycles. The highest BCUT2D eigenvalue weighted by Gasteiger charge is 2.36. The maximum Gasteiger partial charge on any atom is 0.256 e. The fourth-order valence-corrected chi connectivity index (χ4v) is 4.04. The van der Waals surface area contributed by atoms with Crippen LogP contribution in [0, 0.1) is 0 Å². The van der Waals surface area contributed by atoms with Gasteiger partial charge in [0.2, 0.25) is 11.8 Å². The first-order valence-electron chi connectivity index (χ1n) is 9.73. The van der Waals surface area contributed by atoms with Crippen LogP contribution in [0.15, 0.2) is 24.5 Å². The summed E-state index contributed by atoms with van der Waals surface area (Å²) >= 11 is 0. The molecule has 1 fully saturated rings. The minimum atomic E-state index is -0.428. The zero-order valence-electron chi connectivity index (χ0n) is 16.2. The van der Waals surface area contributed by atoms with E-state index in [2.05, 4.69) is 15.4 Å². The highest BCUT2D eigenvalue weighted by Crippen LogP contribution is 2.33. The Kier molecular flexibility index (Phi) is 5.02. The lowest BCUT2D eigenvalue weighted by Crippen LogP contribution is -2.33. The zero-order chi connectivity index (χ0) is 19.7. The van der Waals surface area contributed by atoms with Crippen LogP contribution in [0.2, 0.25) is 0 Å². The van der Waals surface area contributed by atoms with Gasteiger partial charge in [0.25, 0.3) is 5.91 Å². The third kappa shape index (κ3) is 3.34. The molecule has 0 radical (unpaired) electrons. The number of amides is 2. The van der Waals surface area contributed by atoms with Crippen molar-refractivity contribution >= 4 is 11.8 Å². The standard InChI is InChI=1S/C20H25N5O3/c1-13(25-9-5-8-22-25)18(26)21-11-14-10-16-17(23-19(14)28-2)12-24(20(16)27)15-6-3-4-7-15/h5,8-10,13,15H,3-4,6-7,11-12H2,1-2H3,(H,21,26). The Balaban J connectivity index is 1.49. The Morgan fingerprint density at radius 1 is 1.39 bits per heavy atom. The first-order chi connectivity index (χ1) is 13.6. The largest absolute Gasteiger partial charge is 0.481 e. The van der Waals surface area contributed by atoms with Crippen LogP contribution in [0.3, 0.4) is 0 Å². The molecule has 2 aliphatic rings. The Bertz CT molecular complexity index is 874. The van der Waals surface area contributed by atoms with E-state index >= 15 is 0 Å². The molecule has 2 aromatic rings. The molecule has 0 saturated heterocycles. The lowest BCUT2D eigenvalue weighted by Gasteiger charge is -2.22. The van der Waals surface area contributed by atoms with Crippen molar-refractivity contribution < 1.29 is 14.3 Å². The minimum absolute atomic E-state index is 0.0366. The number of fused-ring (bicyclic) bond motifs is 1. The fraction of sp³-hybridized carbons (Fsp3) is 0.500. The van der Waals surface area contributed by atoms with Crippen molar-refractivity contribution in [3.63, 3.8) is 0 Å². The van der Waals surface area contributed by atoms with Gasteiger partial charge < -0.3 is 15.0 Å². The van der Waals surface area contributed by atoms with Crippen LogP contribution in [0.25, 0.3) is 0 Å². The summed E-state index contributed by atoms with van der Waals surface area (Å²) in [5.41, 5.74) is 2.08. The smallest absolute Gasteiger partial charge is 0.256 e. The number of pyridine rings is 1. The molecule has 2 amide bonds. The van der Waals surface area contributed by atoms with Crippen molar-refractivity contribution in [1.82, 2.24) is 25.0 Å². The third-order valence-electron chi connectivity index (χ3n) is 5.67. The zero-order valence-corrected chi connectivity index (χ0v) is 16.2. The van der Waals surface area contributed by atoms with Gasteiger partial charge in [-0.2, -0.15) is 5.10 Å². The molecule has 2 aromatic heterocycles. The summed E-state index contributed by atoms with van der Waals surface area (Å²) in [6.45, 7) is 2.56. The molecule has 1 aliphatic carbocycles. The van der Waals surface area contributed by atoms with E-state index in [1.54, 1.807) is 37.2 Å². The average molecular weight is 383 g/mol. The van der Waals surface area contributed by atoms with Crippen LogP contribution in [-0.4, -0.2) is 44.6 Å². The maximum absolute atomic E-state index is 12.9. The van der Waals surface area contributed by atoms with Gasteiger partial charge in [-0.1, -0.05) is 12.8 Å². The molecule has 1 atom stereocenters. The number of rotatable bonds is 6. The van der Waals surface area contributed by atoms with Gasteiger partial charge in [0.05, 0.1) is 24.9 Å². The number of nitrogens with one attached hydrogen (secondary N) is 1. The highest BCUT2D eigenvalue weighted by molar-refractivity contribution is 5.98. The van der Waals surface area contributed by atoms with E-state index in [1.807, 2.05) is 11.0 Å². The Labute approximate surface area is 163 Å². The van der Waals surface area contributed by atoms with Crippen LogP contribution >= 0.6 is 0 Å². The predicted octanol–water partition coefficient (Wildman–Crippen LogP) is 2.06. The number of hydrogen-bond donors (Lipinski definition) is 1. The molecule has 3 heterocycles. The number of nitrogens with zero attached hydrogens (tertiary/aromatic N) is 4. The van der Waals surface area contributed by atoms with Crippen LogP contribution in [-0.2, 0) is 17.9 Å². The molecule has 148 valence electrons. The van der Waals surface area contributed by atoms with Gasteiger partial charge >= 0.3 is 0 Å². The Morgan fingerprint density at radius 3 is 2.86 bits per heavy atom. The predicted molar refractivity (Wildman–Crippen MR) is 102 cm³/mol. The quantitative estimate of drug-likeness (QED) is 0.825. The van der Waals surface area contributed by atoms with E-state index in [1.165, 1.54) is 12.8 Å². The normalized spacial score (nSPS) is 17.6. The van der Waals surface area contributed by atoms with E-state index in [0.717, 1.165) is 18.5 Å². The average Bonchev–Trinajstić information content (AvgIpc) is 3.46. The van der Waals surface area contributed by atoms with Gasteiger partial charge in [-0.3, -0.25) is 14.3 Å². The number of hydrogen-bond acceptors (Lipinski definition) is 5. The summed E-state index contributed by atoms with van der Waals surface area (Å²) < 4.78 is 7.02. The summed E-state index contributed by atoms with van der Waals surface area (Å²) in [6, 6.07) is 3.48. The second kappa shape index (κ2) is 7.61. The van der Waals surface area contributed by atoms with E-state index < -0.39 is 6.04 Å². The molecule has 1 aliphatic heterocycles. The summed E-state index contributed by atoms with van der Waals surface area (Å²) in [6.07, 6.45) is 7.85. The molecular weight excluding hydrogens is 358 g/mol. The van der Waals surface area contributed by atoms with Crippen molar-refractivity contribution in [3.8, 4) is 5.88 Å². The number of carbonyl (C=O) groups excluding carboxylic acids is 2. The van der Waals surface area contributed by atoms with Crippen molar-refractivity contribution in [2.45, 2.75) is 57.8 Å². The summed E-state index contributed by atoms with van der Waals surface area (Å²) in [5, 5.41) is 6.99. The molecule has 0 spiro atoms. The molecule has 4 rings (SSSR count). The SMILES string of the molecule is COc1nc2c(cc1CNC(=O)C(C)n1cccn1)C(=O)N(C1CCCC1)C2. The van der Waals surface area contributed by atoms with Gasteiger partial charge in [0.15, 0.2) is 0 Å². The molecule has 1 unspecified atom stereocenters. The maximum atomic E-state index is 12.9. The number of carbonyl (C=O) groups is 2. The van der Waals surface area contributed by atoms with Crippen molar-refractivity contribution in [3.05, 3.63) is 41.3 Å². The van der Waals surface area contributed by atoms with E-state index in [4.69, 9.17) is 4.74 Å². The monoisotopic (exact) mass is 383 g/mol. The molecule has 0 bridgehead atoms. The molecular formula is C20H25N5O3. The second-order valence-electron chi connectivity index (χ2n) is 7.40. The van der Waals surface area contributed by atoms with Crippen LogP contribution in [0.5, 0.6) is 5.88 Å². The topological polar surface area (TPSA) is 89.3 Å². The van der Waals surface area contributed by atoms with Crippen molar-refractivity contribution in [2.75, 3.05) is 7.11 Å². The molecule has 1 saturated carbocycles. The summed E-state index contributed by atoms with van der Waals surface area (Å²) in [4.78, 5) is 31.8. The van der Waals surface area contributed by atoms with Crippen LogP contribution in [0.4, 0.5) is 0 Å². The number of ether oxygens (including phenoxy) is 1. The Hall–Kier alpha value is -2.90. The van der Waals surface area contributed by atoms with Gasteiger partial charge in [-0.25, -0.2) is 4.98 Å². The lowest BCUT2D eigenvalue weighted by atomic mass is 10.1. The number of methoxy groups -OCH3 is 1.